The van der Waals surface area contributed by atoms with Crippen LogP contribution in [-0.2, 0) is 11.2 Å². The number of halogens is 1. The average molecular weight is 286 g/mol. The number of hydrogen-bond acceptors (Lipinski definition) is 2. The molecule has 0 saturated heterocycles. The third-order valence-electron chi connectivity index (χ3n) is 3.76. The molecule has 0 spiro atoms. The van der Waals surface area contributed by atoms with Gasteiger partial charge in [-0.2, -0.15) is 0 Å². The molecule has 0 amide bonds. The van der Waals surface area contributed by atoms with Gasteiger partial charge in [-0.05, 0) is 35.7 Å². The summed E-state index contributed by atoms with van der Waals surface area (Å²) in [6, 6.07) is 15.6. The number of ketones is 1. The minimum absolute atomic E-state index is 0.00290. The van der Waals surface area contributed by atoms with E-state index in [9.17, 15) is 4.79 Å². The van der Waals surface area contributed by atoms with Gasteiger partial charge in [-0.3, -0.25) is 4.79 Å². The molecule has 3 rings (SSSR count). The molecule has 1 atom stereocenters. The molecule has 1 aliphatic heterocycles. The smallest absolute Gasteiger partial charge is 0.144 e. The number of carbonyl (C=O) groups is 1. The van der Waals surface area contributed by atoms with Crippen molar-refractivity contribution in [2.75, 3.05) is 11.9 Å². The molecule has 1 N–H and O–H groups in total. The molecule has 102 valence electrons. The number of fused-ring (bicyclic) bond motifs is 1. The van der Waals surface area contributed by atoms with E-state index in [4.69, 9.17) is 11.6 Å². The highest BCUT2D eigenvalue weighted by molar-refractivity contribution is 6.30. The molecule has 0 fully saturated rings. The molecule has 2 aromatic rings. The summed E-state index contributed by atoms with van der Waals surface area (Å²) >= 11 is 5.87. The SMILES string of the molecule is O=C(Cc1ccc(Cl)cc1)C1CCNc2ccccc21. The Kier molecular flexibility index (Phi) is 3.75. The van der Waals surface area contributed by atoms with E-state index in [1.165, 1.54) is 0 Å². The number of Topliss-reactive ketones (excluding diaryl/α,β-unsaturated/α-hetero) is 1. The van der Waals surface area contributed by atoms with Crippen LogP contribution in [0.1, 0.15) is 23.5 Å². The Morgan fingerprint density at radius 1 is 1.15 bits per heavy atom. The van der Waals surface area contributed by atoms with Crippen LogP contribution in [0.2, 0.25) is 5.02 Å². The molecule has 0 aromatic heterocycles. The highest BCUT2D eigenvalue weighted by Gasteiger charge is 2.25. The van der Waals surface area contributed by atoms with E-state index in [1.54, 1.807) is 0 Å². The lowest BCUT2D eigenvalue weighted by Crippen LogP contribution is -2.24. The molecule has 2 aromatic carbocycles. The van der Waals surface area contributed by atoms with Gasteiger partial charge in [0.1, 0.15) is 5.78 Å². The standard InChI is InChI=1S/C17H16ClNO/c18-13-7-5-12(6-8-13)11-17(20)15-9-10-19-16-4-2-1-3-14(15)16/h1-8,15,19H,9-11H2. The summed E-state index contributed by atoms with van der Waals surface area (Å²) in [6.07, 6.45) is 1.33. The second-order valence-electron chi connectivity index (χ2n) is 5.12. The Balaban J connectivity index is 1.80. The van der Waals surface area contributed by atoms with Gasteiger partial charge >= 0.3 is 0 Å². The molecule has 0 aliphatic carbocycles. The van der Waals surface area contributed by atoms with Crippen molar-refractivity contribution in [1.82, 2.24) is 0 Å². The molecular formula is C17H16ClNO. The second kappa shape index (κ2) is 5.68. The third kappa shape index (κ3) is 2.70. The summed E-state index contributed by atoms with van der Waals surface area (Å²) in [5, 5.41) is 4.05. The first kappa shape index (κ1) is 13.2. The van der Waals surface area contributed by atoms with Crippen LogP contribution in [0.3, 0.4) is 0 Å². The maximum absolute atomic E-state index is 12.6. The van der Waals surface area contributed by atoms with Crippen LogP contribution in [0.25, 0.3) is 0 Å². The molecule has 1 unspecified atom stereocenters. The van der Waals surface area contributed by atoms with Crippen molar-refractivity contribution in [3.8, 4) is 0 Å². The Bertz CT molecular complexity index is 621. The number of carbonyl (C=O) groups excluding carboxylic acids is 1. The van der Waals surface area contributed by atoms with E-state index in [2.05, 4.69) is 5.32 Å². The van der Waals surface area contributed by atoms with E-state index in [-0.39, 0.29) is 11.7 Å². The van der Waals surface area contributed by atoms with E-state index in [0.29, 0.717) is 11.4 Å². The van der Waals surface area contributed by atoms with Crippen molar-refractivity contribution in [3.05, 3.63) is 64.7 Å². The number of rotatable bonds is 3. The van der Waals surface area contributed by atoms with Crippen molar-refractivity contribution >= 4 is 23.1 Å². The zero-order valence-electron chi connectivity index (χ0n) is 11.1. The molecule has 0 radical (unpaired) electrons. The predicted octanol–water partition coefficient (Wildman–Crippen LogP) is 4.05. The van der Waals surface area contributed by atoms with Gasteiger partial charge in [0.15, 0.2) is 0 Å². The van der Waals surface area contributed by atoms with E-state index in [0.717, 1.165) is 29.8 Å². The fourth-order valence-corrected chi connectivity index (χ4v) is 2.86. The summed E-state index contributed by atoms with van der Waals surface area (Å²) in [6.45, 7) is 0.855. The van der Waals surface area contributed by atoms with E-state index in [1.807, 2.05) is 48.5 Å². The van der Waals surface area contributed by atoms with Crippen molar-refractivity contribution in [1.29, 1.82) is 0 Å². The van der Waals surface area contributed by atoms with Crippen LogP contribution in [-0.4, -0.2) is 12.3 Å². The molecule has 3 heteroatoms. The van der Waals surface area contributed by atoms with Gasteiger partial charge in [0.2, 0.25) is 0 Å². The summed E-state index contributed by atoms with van der Waals surface area (Å²) in [5.74, 6) is 0.282. The minimum atomic E-state index is 0.00290. The molecule has 1 heterocycles. The Morgan fingerprint density at radius 3 is 2.70 bits per heavy atom. The lowest BCUT2D eigenvalue weighted by Gasteiger charge is -2.25. The monoisotopic (exact) mass is 285 g/mol. The lowest BCUT2D eigenvalue weighted by atomic mass is 9.85. The molecule has 1 aliphatic rings. The maximum Gasteiger partial charge on any atom is 0.144 e. The van der Waals surface area contributed by atoms with E-state index < -0.39 is 0 Å². The maximum atomic E-state index is 12.6. The number of benzene rings is 2. The normalized spacial score (nSPS) is 17.1. The Morgan fingerprint density at radius 2 is 1.90 bits per heavy atom. The molecule has 20 heavy (non-hydrogen) atoms. The van der Waals surface area contributed by atoms with Crippen molar-refractivity contribution in [3.63, 3.8) is 0 Å². The van der Waals surface area contributed by atoms with Gasteiger partial charge in [0.25, 0.3) is 0 Å². The summed E-state index contributed by atoms with van der Waals surface area (Å²) in [5.41, 5.74) is 3.24. The highest BCUT2D eigenvalue weighted by Crippen LogP contribution is 2.32. The van der Waals surface area contributed by atoms with Gasteiger partial charge in [0.05, 0.1) is 0 Å². The number of anilines is 1. The first-order valence-electron chi connectivity index (χ1n) is 6.84. The molecule has 2 nitrogen and oxygen atoms in total. The second-order valence-corrected chi connectivity index (χ2v) is 5.56. The topological polar surface area (TPSA) is 29.1 Å². The fraction of sp³-hybridized carbons (Fsp3) is 0.235. The van der Waals surface area contributed by atoms with Gasteiger partial charge in [-0.1, -0.05) is 41.9 Å². The average Bonchev–Trinajstić information content (AvgIpc) is 2.49. The van der Waals surface area contributed by atoms with Gasteiger partial charge in [-0.25, -0.2) is 0 Å². The Hall–Kier alpha value is -1.80. The lowest BCUT2D eigenvalue weighted by molar-refractivity contribution is -0.120. The zero-order chi connectivity index (χ0) is 13.9. The van der Waals surface area contributed by atoms with Crippen molar-refractivity contribution < 1.29 is 4.79 Å². The zero-order valence-corrected chi connectivity index (χ0v) is 11.9. The predicted molar refractivity (Wildman–Crippen MR) is 82.5 cm³/mol. The van der Waals surface area contributed by atoms with Crippen LogP contribution in [0, 0.1) is 0 Å². The summed E-state index contributed by atoms with van der Waals surface area (Å²) < 4.78 is 0. The summed E-state index contributed by atoms with van der Waals surface area (Å²) in [4.78, 5) is 12.6. The fourth-order valence-electron chi connectivity index (χ4n) is 2.73. The van der Waals surface area contributed by atoms with Crippen LogP contribution in [0.4, 0.5) is 5.69 Å². The van der Waals surface area contributed by atoms with Crippen molar-refractivity contribution in [2.45, 2.75) is 18.8 Å². The first-order chi connectivity index (χ1) is 9.74. The van der Waals surface area contributed by atoms with Gasteiger partial charge < -0.3 is 5.32 Å². The van der Waals surface area contributed by atoms with E-state index >= 15 is 0 Å². The Labute approximate surface area is 123 Å². The quantitative estimate of drug-likeness (QED) is 0.922. The number of hydrogen-bond donors (Lipinski definition) is 1. The molecular weight excluding hydrogens is 270 g/mol. The minimum Gasteiger partial charge on any atom is -0.385 e. The number of para-hydroxylation sites is 1. The first-order valence-corrected chi connectivity index (χ1v) is 7.22. The molecule has 0 saturated carbocycles. The van der Waals surface area contributed by atoms with Crippen LogP contribution >= 0.6 is 11.6 Å². The van der Waals surface area contributed by atoms with Crippen LogP contribution in [0.15, 0.2) is 48.5 Å². The third-order valence-corrected chi connectivity index (χ3v) is 4.02. The number of nitrogens with one attached hydrogen (secondary N) is 1. The van der Waals surface area contributed by atoms with Gasteiger partial charge in [-0.15, -0.1) is 0 Å². The highest BCUT2D eigenvalue weighted by atomic mass is 35.5. The van der Waals surface area contributed by atoms with Crippen LogP contribution in [0.5, 0.6) is 0 Å². The molecule has 0 bridgehead atoms. The largest absolute Gasteiger partial charge is 0.385 e. The van der Waals surface area contributed by atoms with Gasteiger partial charge in [0, 0.05) is 29.6 Å². The van der Waals surface area contributed by atoms with Crippen LogP contribution < -0.4 is 5.32 Å². The van der Waals surface area contributed by atoms with Crippen molar-refractivity contribution in [2.24, 2.45) is 0 Å². The summed E-state index contributed by atoms with van der Waals surface area (Å²) in [7, 11) is 0.